The first-order valence-corrected chi connectivity index (χ1v) is 12.4. The molecule has 0 aliphatic carbocycles. The van der Waals surface area contributed by atoms with Crippen LogP contribution in [0.5, 0.6) is 5.75 Å². The SMILES string of the molecule is COC[C@H]1CC(CC(C)C)N(C(=O)c2ccc(C(C)(C)C)c(OC)c2)C1c1nccs1.O=CO. The molecular weight excluding hydrogens is 452 g/mol. The molecule has 1 fully saturated rings. The number of benzene rings is 1. The van der Waals surface area contributed by atoms with Crippen molar-refractivity contribution in [3.63, 3.8) is 0 Å². The Morgan fingerprint density at radius 1 is 1.32 bits per heavy atom. The summed E-state index contributed by atoms with van der Waals surface area (Å²) in [5.41, 5.74) is 1.70. The van der Waals surface area contributed by atoms with Crippen molar-refractivity contribution in [2.24, 2.45) is 11.8 Å². The Hall–Kier alpha value is -2.45. The average molecular weight is 491 g/mol. The van der Waals surface area contributed by atoms with E-state index in [4.69, 9.17) is 19.4 Å². The maximum absolute atomic E-state index is 13.9. The Balaban J connectivity index is 0.00000129. The van der Waals surface area contributed by atoms with Crippen molar-refractivity contribution in [1.29, 1.82) is 0 Å². The van der Waals surface area contributed by atoms with Gasteiger partial charge in [-0.05, 0) is 41.9 Å². The summed E-state index contributed by atoms with van der Waals surface area (Å²) >= 11 is 1.62. The van der Waals surface area contributed by atoms with Crippen LogP contribution in [0.4, 0.5) is 0 Å². The highest BCUT2D eigenvalue weighted by Gasteiger charge is 2.46. The summed E-state index contributed by atoms with van der Waals surface area (Å²) in [6.07, 6.45) is 3.72. The lowest BCUT2D eigenvalue weighted by molar-refractivity contribution is -0.122. The third kappa shape index (κ3) is 6.57. The van der Waals surface area contributed by atoms with Crippen molar-refractivity contribution < 1.29 is 24.2 Å². The number of rotatable bonds is 7. The van der Waals surface area contributed by atoms with E-state index in [1.54, 1.807) is 25.6 Å². The molecule has 188 valence electrons. The van der Waals surface area contributed by atoms with Gasteiger partial charge < -0.3 is 19.5 Å². The van der Waals surface area contributed by atoms with Crippen LogP contribution >= 0.6 is 11.3 Å². The minimum Gasteiger partial charge on any atom is -0.496 e. The van der Waals surface area contributed by atoms with Crippen molar-refractivity contribution in [1.82, 2.24) is 9.88 Å². The van der Waals surface area contributed by atoms with E-state index in [0.717, 1.165) is 29.2 Å². The molecule has 2 aromatic rings. The standard InChI is InChI=1S/C25H36N2O3S.CH2O2/c1-16(2)12-19-13-18(15-29-6)22(23-26-10-11-31-23)27(19)24(28)17-8-9-20(25(3,4)5)21(14-17)30-7;2-1-3/h8-11,14,16,18-19,22H,12-13,15H2,1-7H3;1H,(H,2,3)/t18-,19?,22?;/m1./s1. The highest BCUT2D eigenvalue weighted by molar-refractivity contribution is 7.09. The summed E-state index contributed by atoms with van der Waals surface area (Å²) < 4.78 is 11.2. The zero-order valence-corrected chi connectivity index (χ0v) is 22.1. The largest absolute Gasteiger partial charge is 0.496 e. The summed E-state index contributed by atoms with van der Waals surface area (Å²) in [5, 5.41) is 9.86. The zero-order chi connectivity index (χ0) is 25.5. The zero-order valence-electron chi connectivity index (χ0n) is 21.3. The number of methoxy groups -OCH3 is 2. The number of ether oxygens (including phenoxy) is 2. The Morgan fingerprint density at radius 3 is 2.50 bits per heavy atom. The molecule has 2 unspecified atom stereocenters. The number of hydrogen-bond donors (Lipinski definition) is 1. The van der Waals surface area contributed by atoms with E-state index in [-0.39, 0.29) is 35.8 Å². The second kappa shape index (κ2) is 12.3. The van der Waals surface area contributed by atoms with Crippen molar-refractivity contribution >= 4 is 23.7 Å². The average Bonchev–Trinajstić information content (AvgIpc) is 3.40. The predicted molar refractivity (Wildman–Crippen MR) is 135 cm³/mol. The molecule has 1 aromatic carbocycles. The number of carbonyl (C=O) groups excluding carboxylic acids is 1. The minimum atomic E-state index is -0.250. The first-order valence-electron chi connectivity index (χ1n) is 11.6. The van der Waals surface area contributed by atoms with Gasteiger partial charge in [-0.1, -0.05) is 40.7 Å². The summed E-state index contributed by atoms with van der Waals surface area (Å²) in [5.74, 6) is 1.54. The number of aromatic nitrogens is 1. The van der Waals surface area contributed by atoms with E-state index in [0.29, 0.717) is 18.1 Å². The normalized spacial score (nSPS) is 20.1. The molecule has 3 atom stereocenters. The minimum absolute atomic E-state index is 0.0446. The van der Waals surface area contributed by atoms with Crippen molar-refractivity contribution in [2.45, 2.75) is 65.0 Å². The molecule has 1 aliphatic heterocycles. The number of likely N-dealkylation sites (tertiary alicyclic amines) is 1. The summed E-state index contributed by atoms with van der Waals surface area (Å²) in [6, 6.07) is 5.97. The van der Waals surface area contributed by atoms with Gasteiger partial charge in [0.1, 0.15) is 10.8 Å². The smallest absolute Gasteiger partial charge is 0.290 e. The maximum Gasteiger partial charge on any atom is 0.290 e. The van der Waals surface area contributed by atoms with Crippen molar-refractivity contribution in [3.8, 4) is 5.75 Å². The molecule has 1 aliphatic rings. The molecule has 1 aromatic heterocycles. The van der Waals surface area contributed by atoms with Crippen molar-refractivity contribution in [2.75, 3.05) is 20.8 Å². The topological polar surface area (TPSA) is 89.0 Å². The van der Waals surface area contributed by atoms with E-state index in [2.05, 4.69) is 44.5 Å². The van der Waals surface area contributed by atoms with Gasteiger partial charge in [-0.25, -0.2) is 4.98 Å². The summed E-state index contributed by atoms with van der Waals surface area (Å²) in [4.78, 5) is 29.0. The number of thiazole rings is 1. The fraction of sp³-hybridized carbons (Fsp3) is 0.577. The highest BCUT2D eigenvalue weighted by Crippen LogP contribution is 2.45. The molecule has 3 rings (SSSR count). The van der Waals surface area contributed by atoms with Crippen molar-refractivity contribution in [3.05, 3.63) is 45.9 Å². The number of carboxylic acid groups (broad SMARTS) is 1. The van der Waals surface area contributed by atoms with E-state index in [1.165, 1.54) is 0 Å². The maximum atomic E-state index is 13.9. The molecule has 1 amide bonds. The first-order chi connectivity index (χ1) is 16.1. The van der Waals surface area contributed by atoms with Crippen LogP contribution in [0.1, 0.15) is 74.4 Å². The van der Waals surface area contributed by atoms with Crippen LogP contribution in [0.2, 0.25) is 0 Å². The molecular formula is C26H38N2O5S. The molecule has 0 saturated carbocycles. The fourth-order valence-electron chi connectivity index (χ4n) is 4.76. The first kappa shape index (κ1) is 27.8. The van der Waals surface area contributed by atoms with Gasteiger partial charge in [0, 0.05) is 36.2 Å². The Kier molecular flexibility index (Phi) is 10.1. The molecule has 2 heterocycles. The second-order valence-electron chi connectivity index (χ2n) is 10.0. The fourth-order valence-corrected chi connectivity index (χ4v) is 5.59. The lowest BCUT2D eigenvalue weighted by Crippen LogP contribution is -2.39. The number of carbonyl (C=O) groups is 2. The second-order valence-corrected chi connectivity index (χ2v) is 11.0. The summed E-state index contributed by atoms with van der Waals surface area (Å²) in [6.45, 7) is 11.3. The Bertz CT molecular complexity index is 924. The molecule has 8 heteroatoms. The van der Waals surface area contributed by atoms with Crippen LogP contribution in [0, 0.1) is 11.8 Å². The molecule has 34 heavy (non-hydrogen) atoms. The quantitative estimate of drug-likeness (QED) is 0.522. The van der Waals surface area contributed by atoms with Crippen LogP contribution in [0.15, 0.2) is 29.8 Å². The van der Waals surface area contributed by atoms with Crippen LogP contribution in [-0.2, 0) is 14.9 Å². The Labute approximate surface area is 207 Å². The van der Waals surface area contributed by atoms with Gasteiger partial charge >= 0.3 is 0 Å². The monoisotopic (exact) mass is 490 g/mol. The van der Waals surface area contributed by atoms with E-state index in [1.807, 2.05) is 29.8 Å². The van der Waals surface area contributed by atoms with Crippen LogP contribution in [0.25, 0.3) is 0 Å². The molecule has 0 radical (unpaired) electrons. The third-order valence-electron chi connectivity index (χ3n) is 6.03. The van der Waals surface area contributed by atoms with Crippen LogP contribution < -0.4 is 4.74 Å². The molecule has 7 nitrogen and oxygen atoms in total. The third-order valence-corrected chi connectivity index (χ3v) is 6.88. The van der Waals surface area contributed by atoms with Crippen LogP contribution in [0.3, 0.4) is 0 Å². The lowest BCUT2D eigenvalue weighted by Gasteiger charge is -2.32. The predicted octanol–water partition coefficient (Wildman–Crippen LogP) is 5.41. The number of amides is 1. The summed E-state index contributed by atoms with van der Waals surface area (Å²) in [7, 11) is 3.40. The van der Waals surface area contributed by atoms with E-state index < -0.39 is 0 Å². The molecule has 1 saturated heterocycles. The van der Waals surface area contributed by atoms with Gasteiger partial charge in [-0.2, -0.15) is 0 Å². The van der Waals surface area contributed by atoms with Gasteiger partial charge in [0.25, 0.3) is 12.4 Å². The lowest BCUT2D eigenvalue weighted by atomic mass is 9.85. The van der Waals surface area contributed by atoms with Gasteiger partial charge in [0.2, 0.25) is 0 Å². The van der Waals surface area contributed by atoms with Crippen LogP contribution in [-0.4, -0.2) is 54.2 Å². The van der Waals surface area contributed by atoms with Gasteiger partial charge in [0.05, 0.1) is 19.8 Å². The number of hydrogen-bond acceptors (Lipinski definition) is 6. The van der Waals surface area contributed by atoms with Gasteiger partial charge in [-0.15, -0.1) is 11.3 Å². The van der Waals surface area contributed by atoms with E-state index in [9.17, 15) is 4.79 Å². The Morgan fingerprint density at radius 2 is 2.00 bits per heavy atom. The van der Waals surface area contributed by atoms with Gasteiger partial charge in [0.15, 0.2) is 0 Å². The highest BCUT2D eigenvalue weighted by atomic mass is 32.1. The van der Waals surface area contributed by atoms with E-state index >= 15 is 0 Å². The molecule has 0 spiro atoms. The number of nitrogens with zero attached hydrogens (tertiary/aromatic N) is 2. The molecule has 0 bridgehead atoms. The molecule has 1 N–H and O–H groups in total. The van der Waals surface area contributed by atoms with Gasteiger partial charge in [-0.3, -0.25) is 9.59 Å².